The predicted octanol–water partition coefficient (Wildman–Crippen LogP) is 6.00. The fourth-order valence-corrected chi connectivity index (χ4v) is 2.68. The van der Waals surface area contributed by atoms with Gasteiger partial charge in [-0.25, -0.2) is 0 Å². The molecule has 198 valence electrons. The minimum Gasteiger partial charge on any atom is -0.379 e. The highest BCUT2D eigenvalue weighted by atomic mass is 16.5. The van der Waals surface area contributed by atoms with Crippen molar-refractivity contribution in [2.45, 2.75) is 84.3 Å². The molecule has 1 aromatic rings. The number of aldehydes is 1. The molecule has 0 N–H and O–H groups in total. The molecule has 0 heterocycles. The monoisotopic (exact) mass is 482 g/mol. The average Bonchev–Trinajstić information content (AvgIpc) is 2.83. The first kappa shape index (κ1) is 32.7. The summed E-state index contributed by atoms with van der Waals surface area (Å²) in [6, 6.07) is 10.3. The number of unbranched alkanes of at least 4 members (excludes halogenated alkanes) is 6. The zero-order valence-corrected chi connectivity index (χ0v) is 22.2. The first-order valence-electron chi connectivity index (χ1n) is 12.8. The van der Waals surface area contributed by atoms with Crippen molar-refractivity contribution in [2.24, 2.45) is 0 Å². The van der Waals surface area contributed by atoms with E-state index in [1.807, 2.05) is 39.0 Å². The number of hydrogen-bond donors (Lipinski definition) is 0. The van der Waals surface area contributed by atoms with Crippen molar-refractivity contribution in [3.8, 4) is 0 Å². The van der Waals surface area contributed by atoms with Gasteiger partial charge in [-0.2, -0.15) is 0 Å². The maximum absolute atomic E-state index is 10.2. The van der Waals surface area contributed by atoms with Crippen LogP contribution >= 0.6 is 0 Å². The van der Waals surface area contributed by atoms with Crippen molar-refractivity contribution in [2.75, 3.05) is 53.4 Å². The van der Waals surface area contributed by atoms with Crippen LogP contribution in [0.25, 0.3) is 0 Å². The molecule has 0 saturated carbocycles. The van der Waals surface area contributed by atoms with E-state index in [-0.39, 0.29) is 5.60 Å². The fraction of sp³-hybridized carbons (Fsp3) is 0.750. The van der Waals surface area contributed by atoms with Gasteiger partial charge in [-0.3, -0.25) is 0 Å². The first-order valence-corrected chi connectivity index (χ1v) is 12.8. The zero-order chi connectivity index (χ0) is 25.2. The van der Waals surface area contributed by atoms with Gasteiger partial charge in [-0.15, -0.1) is 0 Å². The molecule has 34 heavy (non-hydrogen) atoms. The van der Waals surface area contributed by atoms with Crippen molar-refractivity contribution in [1.82, 2.24) is 0 Å². The highest BCUT2D eigenvalue weighted by Crippen LogP contribution is 2.04. The molecule has 0 saturated heterocycles. The van der Waals surface area contributed by atoms with E-state index in [2.05, 4.69) is 12.1 Å². The van der Waals surface area contributed by atoms with Crippen LogP contribution in [0.4, 0.5) is 0 Å². The molecule has 0 aliphatic heterocycles. The minimum atomic E-state index is 0.0417. The smallest absolute Gasteiger partial charge is 0.119 e. The minimum absolute atomic E-state index is 0.0417. The summed E-state index contributed by atoms with van der Waals surface area (Å²) in [4.78, 5) is 10.2. The number of carbonyl (C=O) groups is 1. The number of methoxy groups -OCH3 is 1. The van der Waals surface area contributed by atoms with E-state index in [1.165, 1.54) is 18.4 Å². The molecule has 0 fully saturated rings. The molecule has 1 rings (SSSR count). The Balaban J connectivity index is 0.00000160. The molecule has 6 heteroatoms. The van der Waals surface area contributed by atoms with Gasteiger partial charge in [0, 0.05) is 33.4 Å². The summed E-state index contributed by atoms with van der Waals surface area (Å²) in [5, 5.41) is 0. The predicted molar refractivity (Wildman–Crippen MR) is 138 cm³/mol. The van der Waals surface area contributed by atoms with Crippen molar-refractivity contribution >= 4 is 6.29 Å². The second-order valence-corrected chi connectivity index (χ2v) is 9.12. The quantitative estimate of drug-likeness (QED) is 0.158. The standard InChI is InChI=1S/C23H38O5.C5H12O/c24-14-8-1-2-9-15-25-18-20-27-21-19-26-16-10-3-4-11-17-28-22-23-12-6-5-7-13-23;1-5(2,3)6-4/h5-7,12-14H,1-4,8-11,15-22H2;1-4H3. The third-order valence-electron chi connectivity index (χ3n) is 4.91. The molecule has 0 unspecified atom stereocenters. The molecular formula is C28H50O6. The lowest BCUT2D eigenvalue weighted by Gasteiger charge is -2.14. The van der Waals surface area contributed by atoms with E-state index in [9.17, 15) is 4.79 Å². The Kier molecular flexibility index (Phi) is 23.8. The van der Waals surface area contributed by atoms with Crippen molar-refractivity contribution in [3.05, 3.63) is 35.9 Å². The largest absolute Gasteiger partial charge is 0.379 e. The third kappa shape index (κ3) is 26.9. The van der Waals surface area contributed by atoms with Crippen LogP contribution in [0.2, 0.25) is 0 Å². The van der Waals surface area contributed by atoms with Gasteiger partial charge in [-0.1, -0.05) is 49.6 Å². The Labute approximate surface area is 208 Å². The van der Waals surface area contributed by atoms with Gasteiger partial charge < -0.3 is 28.5 Å². The van der Waals surface area contributed by atoms with Gasteiger partial charge in [0.05, 0.1) is 38.6 Å². The van der Waals surface area contributed by atoms with E-state index in [4.69, 9.17) is 23.7 Å². The van der Waals surface area contributed by atoms with Gasteiger partial charge >= 0.3 is 0 Å². The molecule has 0 bridgehead atoms. The Morgan fingerprint density at radius 1 is 0.647 bits per heavy atom. The fourth-order valence-electron chi connectivity index (χ4n) is 2.68. The number of benzene rings is 1. The van der Waals surface area contributed by atoms with E-state index in [1.54, 1.807) is 7.11 Å². The van der Waals surface area contributed by atoms with Crippen LogP contribution in [0.3, 0.4) is 0 Å². The van der Waals surface area contributed by atoms with Gasteiger partial charge in [0.2, 0.25) is 0 Å². The van der Waals surface area contributed by atoms with E-state index >= 15 is 0 Å². The van der Waals surface area contributed by atoms with Gasteiger partial charge in [0.25, 0.3) is 0 Å². The van der Waals surface area contributed by atoms with Crippen LogP contribution in [0, 0.1) is 0 Å². The summed E-state index contributed by atoms with van der Waals surface area (Å²) in [6.07, 6.45) is 9.20. The molecule has 0 aliphatic carbocycles. The summed E-state index contributed by atoms with van der Waals surface area (Å²) in [5.41, 5.74) is 1.27. The molecule has 0 spiro atoms. The number of rotatable bonds is 21. The Morgan fingerprint density at radius 3 is 1.56 bits per heavy atom. The Hall–Kier alpha value is -1.31. The van der Waals surface area contributed by atoms with Crippen LogP contribution in [0.15, 0.2) is 30.3 Å². The van der Waals surface area contributed by atoms with Gasteiger partial charge in [0.15, 0.2) is 0 Å². The lowest BCUT2D eigenvalue weighted by molar-refractivity contribution is -0.107. The molecule has 0 atom stereocenters. The van der Waals surface area contributed by atoms with Gasteiger partial charge in [0.1, 0.15) is 6.29 Å². The molecule has 1 aromatic carbocycles. The summed E-state index contributed by atoms with van der Waals surface area (Å²) < 4.78 is 27.1. The maximum atomic E-state index is 10.2. The second kappa shape index (κ2) is 24.8. The van der Waals surface area contributed by atoms with Crippen molar-refractivity contribution < 1.29 is 28.5 Å². The number of hydrogen-bond acceptors (Lipinski definition) is 6. The van der Waals surface area contributed by atoms with Crippen LogP contribution in [-0.4, -0.2) is 65.2 Å². The van der Waals surface area contributed by atoms with E-state index in [0.717, 1.165) is 58.2 Å². The number of carbonyl (C=O) groups excluding carboxylic acids is 1. The third-order valence-corrected chi connectivity index (χ3v) is 4.91. The summed E-state index contributed by atoms with van der Waals surface area (Å²) in [6.45, 7) is 11.6. The SMILES string of the molecule is COC(C)(C)C.O=CCCCCCOCCOCCOCCCCCCOCc1ccccc1. The van der Waals surface area contributed by atoms with E-state index < -0.39 is 0 Å². The lowest BCUT2D eigenvalue weighted by atomic mass is 10.2. The second-order valence-electron chi connectivity index (χ2n) is 9.12. The van der Waals surface area contributed by atoms with Crippen LogP contribution < -0.4 is 0 Å². The summed E-state index contributed by atoms with van der Waals surface area (Å²) in [5.74, 6) is 0. The molecule has 0 radical (unpaired) electrons. The Bertz CT molecular complexity index is 529. The highest BCUT2D eigenvalue weighted by molar-refractivity contribution is 5.48. The zero-order valence-electron chi connectivity index (χ0n) is 22.2. The Morgan fingerprint density at radius 2 is 1.09 bits per heavy atom. The average molecular weight is 483 g/mol. The summed E-state index contributed by atoms with van der Waals surface area (Å²) in [7, 11) is 1.71. The lowest BCUT2D eigenvalue weighted by Crippen LogP contribution is -2.15. The van der Waals surface area contributed by atoms with Crippen LogP contribution in [0.1, 0.15) is 77.7 Å². The molecular weight excluding hydrogens is 432 g/mol. The van der Waals surface area contributed by atoms with Crippen LogP contribution in [-0.2, 0) is 35.1 Å². The highest BCUT2D eigenvalue weighted by Gasteiger charge is 2.04. The van der Waals surface area contributed by atoms with Crippen molar-refractivity contribution in [3.63, 3.8) is 0 Å². The topological polar surface area (TPSA) is 63.2 Å². The van der Waals surface area contributed by atoms with Crippen molar-refractivity contribution in [1.29, 1.82) is 0 Å². The molecule has 6 nitrogen and oxygen atoms in total. The normalized spacial score (nSPS) is 11.2. The van der Waals surface area contributed by atoms with Crippen LogP contribution in [0.5, 0.6) is 0 Å². The molecule has 0 aromatic heterocycles. The first-order chi connectivity index (χ1) is 16.5. The number of ether oxygens (including phenoxy) is 5. The maximum Gasteiger partial charge on any atom is 0.119 e. The van der Waals surface area contributed by atoms with Gasteiger partial charge in [-0.05, 0) is 52.0 Å². The molecule has 0 aliphatic rings. The molecule has 0 amide bonds. The van der Waals surface area contributed by atoms with E-state index in [0.29, 0.717) is 39.5 Å². The summed E-state index contributed by atoms with van der Waals surface area (Å²) >= 11 is 0.